The third-order valence-electron chi connectivity index (χ3n) is 0.990. The summed E-state index contributed by atoms with van der Waals surface area (Å²) in [7, 11) is 0. The van der Waals surface area contributed by atoms with E-state index in [-0.39, 0.29) is 11.5 Å². The minimum atomic E-state index is 0.130. The summed E-state index contributed by atoms with van der Waals surface area (Å²) < 4.78 is 13.5. The monoisotopic (exact) mass is 207 g/mol. The molecule has 0 fully saturated rings. The molecule has 0 spiro atoms. The fourth-order valence-corrected chi connectivity index (χ4v) is 1.34. The number of rotatable bonds is 1. The number of benzene rings is 1. The van der Waals surface area contributed by atoms with Crippen LogP contribution in [0.2, 0.25) is 10.0 Å². The molecule has 0 saturated carbocycles. The molecule has 1 rings (SSSR count). The predicted molar refractivity (Wildman–Crippen MR) is 46.7 cm³/mol. The zero-order valence-corrected chi connectivity index (χ0v) is 7.58. The Kier molecular flexibility index (Phi) is 3.05. The van der Waals surface area contributed by atoms with Gasteiger partial charge in [-0.15, -0.1) is 0 Å². The minimum Gasteiger partial charge on any atom is -0.191 e. The second-order valence-corrected chi connectivity index (χ2v) is 3.00. The van der Waals surface area contributed by atoms with Gasteiger partial charge in [-0.25, -0.2) is 0 Å². The van der Waals surface area contributed by atoms with Crippen LogP contribution in [0.15, 0.2) is 22.6 Å². The van der Waals surface area contributed by atoms with E-state index in [2.05, 4.69) is 4.36 Å². The summed E-state index contributed by atoms with van der Waals surface area (Å²) in [6.45, 7) is 0. The zero-order valence-electron chi connectivity index (χ0n) is 5.25. The van der Waals surface area contributed by atoms with Crippen molar-refractivity contribution in [2.45, 2.75) is 0 Å². The Morgan fingerprint density at radius 2 is 1.73 bits per heavy atom. The van der Waals surface area contributed by atoms with Gasteiger partial charge in [0.2, 0.25) is 11.5 Å². The summed E-state index contributed by atoms with van der Waals surface area (Å²) in [5.74, 6) is 0. The first-order valence-electron chi connectivity index (χ1n) is 2.68. The normalized spacial score (nSPS) is 9.27. The molecular weight excluding hydrogens is 205 g/mol. The number of hydrogen-bond donors (Lipinski definition) is 0. The van der Waals surface area contributed by atoms with Gasteiger partial charge in [0.15, 0.2) is 0 Å². The fraction of sp³-hybridized carbons (Fsp3) is 0. The minimum absolute atomic E-state index is 0.130. The number of halogens is 2. The largest absolute Gasteiger partial charge is 0.205 e. The standard InChI is InChI=1S/C6H3Cl2NOS/c7-4-1-5(8)3-6(2-4)9-11-10/h1-3H. The van der Waals surface area contributed by atoms with Gasteiger partial charge in [-0.3, -0.25) is 0 Å². The zero-order chi connectivity index (χ0) is 8.27. The van der Waals surface area contributed by atoms with E-state index in [0.717, 1.165) is 0 Å². The van der Waals surface area contributed by atoms with Crippen LogP contribution in [0, 0.1) is 0 Å². The van der Waals surface area contributed by atoms with Crippen LogP contribution in [0.3, 0.4) is 0 Å². The Labute approximate surface area is 77.4 Å². The maximum atomic E-state index is 9.99. The van der Waals surface area contributed by atoms with Crippen LogP contribution in [-0.4, -0.2) is 4.21 Å². The molecule has 5 heteroatoms. The van der Waals surface area contributed by atoms with E-state index in [1.165, 1.54) is 0 Å². The van der Waals surface area contributed by atoms with Gasteiger partial charge in [0, 0.05) is 10.0 Å². The van der Waals surface area contributed by atoms with Crippen LogP contribution in [0.5, 0.6) is 0 Å². The average molecular weight is 208 g/mol. The molecule has 2 nitrogen and oxygen atoms in total. The summed E-state index contributed by atoms with van der Waals surface area (Å²) in [5, 5.41) is 0.954. The van der Waals surface area contributed by atoms with Crippen LogP contribution < -0.4 is 0 Å². The van der Waals surface area contributed by atoms with Crippen LogP contribution in [0.4, 0.5) is 5.69 Å². The number of hydrogen-bond acceptors (Lipinski definition) is 2. The highest BCUT2D eigenvalue weighted by molar-refractivity contribution is 7.54. The topological polar surface area (TPSA) is 29.4 Å². The van der Waals surface area contributed by atoms with Crippen molar-refractivity contribution in [1.82, 2.24) is 0 Å². The molecule has 0 saturated heterocycles. The molecule has 11 heavy (non-hydrogen) atoms. The molecule has 0 radical (unpaired) electrons. The van der Waals surface area contributed by atoms with E-state index in [1.807, 2.05) is 0 Å². The van der Waals surface area contributed by atoms with Crippen LogP contribution >= 0.6 is 23.2 Å². The van der Waals surface area contributed by atoms with Gasteiger partial charge in [-0.05, 0) is 18.2 Å². The first-order valence-corrected chi connectivity index (χ1v) is 4.14. The van der Waals surface area contributed by atoms with E-state index in [1.54, 1.807) is 18.2 Å². The van der Waals surface area contributed by atoms with Crippen molar-refractivity contribution in [3.05, 3.63) is 28.2 Å². The third-order valence-corrected chi connectivity index (χ3v) is 1.71. The summed E-state index contributed by atoms with van der Waals surface area (Å²) in [6.07, 6.45) is 0. The molecule has 1 aromatic carbocycles. The second-order valence-electron chi connectivity index (χ2n) is 1.79. The highest BCUT2D eigenvalue weighted by atomic mass is 35.5. The smallest absolute Gasteiger partial charge is 0.191 e. The average Bonchev–Trinajstić information content (AvgIpc) is 1.85. The molecule has 0 bridgehead atoms. The molecule has 0 aliphatic heterocycles. The molecule has 0 atom stereocenters. The highest BCUT2D eigenvalue weighted by Crippen LogP contribution is 2.23. The van der Waals surface area contributed by atoms with Gasteiger partial charge < -0.3 is 0 Å². The molecule has 0 aromatic heterocycles. The quantitative estimate of drug-likeness (QED) is 0.697. The molecule has 0 heterocycles. The van der Waals surface area contributed by atoms with Crippen LogP contribution in [0.25, 0.3) is 0 Å². The van der Waals surface area contributed by atoms with E-state index in [0.29, 0.717) is 15.7 Å². The van der Waals surface area contributed by atoms with Gasteiger partial charge in [0.25, 0.3) is 0 Å². The Morgan fingerprint density at radius 3 is 2.18 bits per heavy atom. The predicted octanol–water partition coefficient (Wildman–Crippen LogP) is 3.02. The molecule has 0 unspecified atom stereocenters. The first-order chi connectivity index (χ1) is 5.22. The van der Waals surface area contributed by atoms with Gasteiger partial charge in [0.05, 0.1) is 5.69 Å². The van der Waals surface area contributed by atoms with E-state index >= 15 is 0 Å². The van der Waals surface area contributed by atoms with Crippen molar-refractivity contribution in [3.8, 4) is 0 Å². The highest BCUT2D eigenvalue weighted by Gasteiger charge is 1.95. The Balaban J connectivity index is 3.18. The van der Waals surface area contributed by atoms with Gasteiger partial charge >= 0.3 is 0 Å². The van der Waals surface area contributed by atoms with Crippen LogP contribution in [-0.2, 0) is 11.5 Å². The summed E-state index contributed by atoms with van der Waals surface area (Å²) in [6, 6.07) is 4.72. The Morgan fingerprint density at radius 1 is 1.18 bits per heavy atom. The lowest BCUT2D eigenvalue weighted by atomic mass is 10.3. The maximum absolute atomic E-state index is 9.99. The third kappa shape index (κ3) is 2.61. The molecule has 1 aromatic rings. The lowest BCUT2D eigenvalue weighted by Crippen LogP contribution is -1.66. The lowest BCUT2D eigenvalue weighted by molar-refractivity contribution is 0.698. The SMILES string of the molecule is O=S=Nc1cc(Cl)cc(Cl)c1. The molecule has 58 valence electrons. The van der Waals surface area contributed by atoms with Crippen LogP contribution in [0.1, 0.15) is 0 Å². The molecule has 0 N–H and O–H groups in total. The fourth-order valence-electron chi connectivity index (χ4n) is 0.635. The number of nitrogens with zero attached hydrogens (tertiary/aromatic N) is 1. The summed E-state index contributed by atoms with van der Waals surface area (Å²) in [4.78, 5) is 0. The van der Waals surface area contributed by atoms with Crippen molar-refractivity contribution in [2.24, 2.45) is 4.36 Å². The van der Waals surface area contributed by atoms with Gasteiger partial charge in [0.1, 0.15) is 0 Å². The van der Waals surface area contributed by atoms with Crippen molar-refractivity contribution in [1.29, 1.82) is 0 Å². The lowest BCUT2D eigenvalue weighted by Gasteiger charge is -1.93. The van der Waals surface area contributed by atoms with Crippen molar-refractivity contribution in [3.63, 3.8) is 0 Å². The molecule has 0 aliphatic rings. The Hall–Kier alpha value is -0.380. The molecule has 0 aliphatic carbocycles. The molecule has 0 amide bonds. The van der Waals surface area contributed by atoms with E-state index < -0.39 is 0 Å². The molecular formula is C6H3Cl2NOS. The van der Waals surface area contributed by atoms with Crippen molar-refractivity contribution < 1.29 is 4.21 Å². The van der Waals surface area contributed by atoms with Gasteiger partial charge in [-0.2, -0.15) is 8.57 Å². The van der Waals surface area contributed by atoms with Crippen molar-refractivity contribution >= 4 is 40.4 Å². The maximum Gasteiger partial charge on any atom is 0.205 e. The first kappa shape index (κ1) is 8.71. The summed E-state index contributed by atoms with van der Waals surface area (Å²) >= 11 is 11.4. The summed E-state index contributed by atoms with van der Waals surface area (Å²) in [5.41, 5.74) is 0.488. The Bertz CT molecular complexity index is 302. The van der Waals surface area contributed by atoms with Crippen molar-refractivity contribution in [2.75, 3.05) is 0 Å². The van der Waals surface area contributed by atoms with Gasteiger partial charge in [-0.1, -0.05) is 23.2 Å². The van der Waals surface area contributed by atoms with E-state index in [9.17, 15) is 4.21 Å². The second kappa shape index (κ2) is 3.85. The van der Waals surface area contributed by atoms with E-state index in [4.69, 9.17) is 23.2 Å².